The number of carbonyl (C=O) groups excluding carboxylic acids is 3. The highest BCUT2D eigenvalue weighted by atomic mass is 16.5. The lowest BCUT2D eigenvalue weighted by Gasteiger charge is -2.13. The van der Waals surface area contributed by atoms with Gasteiger partial charge in [0.25, 0.3) is 0 Å². The van der Waals surface area contributed by atoms with Crippen molar-refractivity contribution in [3.05, 3.63) is 23.8 Å². The zero-order valence-electron chi connectivity index (χ0n) is 13.4. The number of amides is 1. The van der Waals surface area contributed by atoms with E-state index >= 15 is 0 Å². The zero-order chi connectivity index (χ0) is 16.9. The van der Waals surface area contributed by atoms with E-state index in [0.29, 0.717) is 5.69 Å². The van der Waals surface area contributed by atoms with Gasteiger partial charge in [-0.3, -0.25) is 9.59 Å². The number of ether oxygens (including phenoxy) is 2. The Kier molecular flexibility index (Phi) is 6.10. The largest absolute Gasteiger partial charge is 0.465 e. The molecule has 1 amide bonds. The molecule has 6 nitrogen and oxygen atoms in total. The first-order valence-electron chi connectivity index (χ1n) is 7.01. The van der Waals surface area contributed by atoms with E-state index in [2.05, 4.69) is 10.1 Å². The summed E-state index contributed by atoms with van der Waals surface area (Å²) in [6.45, 7) is 6.89. The number of hydrogen-bond acceptors (Lipinski definition) is 5. The van der Waals surface area contributed by atoms with E-state index in [-0.39, 0.29) is 29.1 Å². The molecule has 0 saturated heterocycles. The number of benzene rings is 1. The predicted octanol–water partition coefficient (Wildman–Crippen LogP) is 2.63. The SMILES string of the molecule is COC(=O)c1ccc(NC(=O)C(C)C)cc1OC(=O)C(C)C. The van der Waals surface area contributed by atoms with Gasteiger partial charge in [-0.15, -0.1) is 0 Å². The maximum Gasteiger partial charge on any atom is 0.341 e. The van der Waals surface area contributed by atoms with Gasteiger partial charge in [0.2, 0.25) is 5.91 Å². The molecule has 0 aliphatic carbocycles. The van der Waals surface area contributed by atoms with E-state index < -0.39 is 11.9 Å². The molecule has 0 fully saturated rings. The second-order valence-electron chi connectivity index (χ2n) is 5.42. The van der Waals surface area contributed by atoms with Crippen molar-refractivity contribution in [3.8, 4) is 5.75 Å². The minimum atomic E-state index is -0.617. The second kappa shape index (κ2) is 7.59. The first kappa shape index (κ1) is 17.7. The Morgan fingerprint density at radius 2 is 1.68 bits per heavy atom. The lowest BCUT2D eigenvalue weighted by Crippen LogP contribution is -2.19. The summed E-state index contributed by atoms with van der Waals surface area (Å²) >= 11 is 0. The number of esters is 2. The van der Waals surface area contributed by atoms with Crippen LogP contribution in [0.15, 0.2) is 18.2 Å². The molecule has 0 saturated carbocycles. The molecule has 6 heteroatoms. The summed E-state index contributed by atoms with van der Waals surface area (Å²) in [5, 5.41) is 2.69. The lowest BCUT2D eigenvalue weighted by molar-refractivity contribution is -0.137. The van der Waals surface area contributed by atoms with Crippen molar-refractivity contribution in [1.82, 2.24) is 0 Å². The molecule has 22 heavy (non-hydrogen) atoms. The molecular formula is C16H21NO5. The van der Waals surface area contributed by atoms with E-state index in [4.69, 9.17) is 4.74 Å². The van der Waals surface area contributed by atoms with Crippen molar-refractivity contribution >= 4 is 23.5 Å². The van der Waals surface area contributed by atoms with Crippen LogP contribution < -0.4 is 10.1 Å². The third-order valence-corrected chi connectivity index (χ3v) is 2.86. The van der Waals surface area contributed by atoms with Gasteiger partial charge in [-0.1, -0.05) is 27.7 Å². The Bertz CT molecular complexity index is 578. The molecule has 0 spiro atoms. The van der Waals surface area contributed by atoms with Crippen LogP contribution in [0.2, 0.25) is 0 Å². The maximum atomic E-state index is 11.8. The third-order valence-electron chi connectivity index (χ3n) is 2.86. The van der Waals surface area contributed by atoms with Crippen molar-refractivity contribution in [2.24, 2.45) is 11.8 Å². The van der Waals surface area contributed by atoms with Crippen molar-refractivity contribution < 1.29 is 23.9 Å². The first-order chi connectivity index (χ1) is 10.3. The van der Waals surface area contributed by atoms with E-state index in [0.717, 1.165) is 0 Å². The molecule has 0 atom stereocenters. The molecule has 0 heterocycles. The topological polar surface area (TPSA) is 81.7 Å². The van der Waals surface area contributed by atoms with E-state index in [1.807, 2.05) is 0 Å². The van der Waals surface area contributed by atoms with E-state index in [9.17, 15) is 14.4 Å². The fourth-order valence-corrected chi connectivity index (χ4v) is 1.48. The van der Waals surface area contributed by atoms with Crippen LogP contribution in [0.1, 0.15) is 38.1 Å². The number of hydrogen-bond donors (Lipinski definition) is 1. The van der Waals surface area contributed by atoms with Gasteiger partial charge in [-0.25, -0.2) is 4.79 Å². The van der Waals surface area contributed by atoms with E-state index in [1.165, 1.54) is 19.2 Å². The summed E-state index contributed by atoms with van der Waals surface area (Å²) in [5.74, 6) is -1.74. The zero-order valence-corrected chi connectivity index (χ0v) is 13.4. The Labute approximate surface area is 129 Å². The molecule has 1 aromatic rings. The summed E-state index contributed by atoms with van der Waals surface area (Å²) in [7, 11) is 1.24. The fourth-order valence-electron chi connectivity index (χ4n) is 1.48. The van der Waals surface area contributed by atoms with Crippen molar-refractivity contribution in [1.29, 1.82) is 0 Å². The molecule has 0 bridgehead atoms. The van der Waals surface area contributed by atoms with Crippen LogP contribution in [0.25, 0.3) is 0 Å². The van der Waals surface area contributed by atoms with Gasteiger partial charge >= 0.3 is 11.9 Å². The van der Waals surface area contributed by atoms with Crippen LogP contribution >= 0.6 is 0 Å². The van der Waals surface area contributed by atoms with Crippen LogP contribution in [0.3, 0.4) is 0 Å². The van der Waals surface area contributed by atoms with Gasteiger partial charge in [0.1, 0.15) is 11.3 Å². The quantitative estimate of drug-likeness (QED) is 0.668. The van der Waals surface area contributed by atoms with Gasteiger partial charge in [-0.2, -0.15) is 0 Å². The van der Waals surface area contributed by atoms with Crippen LogP contribution in [0.5, 0.6) is 5.75 Å². The monoisotopic (exact) mass is 307 g/mol. The standard InChI is InChI=1S/C16H21NO5/c1-9(2)14(18)17-11-6-7-12(16(20)21-5)13(8-11)22-15(19)10(3)4/h6-10H,1-5H3,(H,17,18). The average molecular weight is 307 g/mol. The molecule has 0 aliphatic heterocycles. The number of methoxy groups -OCH3 is 1. The van der Waals surface area contributed by atoms with Gasteiger partial charge in [0.15, 0.2) is 0 Å². The molecule has 0 radical (unpaired) electrons. The van der Waals surface area contributed by atoms with Gasteiger partial charge in [-0.05, 0) is 12.1 Å². The number of rotatable bonds is 5. The molecule has 0 aromatic heterocycles. The Morgan fingerprint density at radius 3 is 2.18 bits per heavy atom. The highest BCUT2D eigenvalue weighted by Gasteiger charge is 2.19. The highest BCUT2D eigenvalue weighted by Crippen LogP contribution is 2.25. The summed E-state index contributed by atoms with van der Waals surface area (Å²) < 4.78 is 9.88. The van der Waals surface area contributed by atoms with Gasteiger partial charge < -0.3 is 14.8 Å². The highest BCUT2D eigenvalue weighted by molar-refractivity contribution is 5.96. The van der Waals surface area contributed by atoms with Gasteiger partial charge in [0.05, 0.1) is 13.0 Å². The number of nitrogens with one attached hydrogen (secondary N) is 1. The molecular weight excluding hydrogens is 286 g/mol. The first-order valence-corrected chi connectivity index (χ1v) is 7.01. The van der Waals surface area contributed by atoms with E-state index in [1.54, 1.807) is 33.8 Å². The van der Waals surface area contributed by atoms with Crippen molar-refractivity contribution in [2.75, 3.05) is 12.4 Å². The average Bonchev–Trinajstić information content (AvgIpc) is 2.46. The number of anilines is 1. The Balaban J connectivity index is 3.13. The maximum absolute atomic E-state index is 11.8. The predicted molar refractivity (Wildman–Crippen MR) is 81.7 cm³/mol. The Hall–Kier alpha value is -2.37. The normalized spacial score (nSPS) is 10.5. The van der Waals surface area contributed by atoms with Gasteiger partial charge in [0, 0.05) is 17.7 Å². The summed E-state index contributed by atoms with van der Waals surface area (Å²) in [6, 6.07) is 4.44. The number of carbonyl (C=O) groups is 3. The summed E-state index contributed by atoms with van der Waals surface area (Å²) in [6.07, 6.45) is 0. The van der Waals surface area contributed by atoms with Crippen LogP contribution in [-0.4, -0.2) is 25.0 Å². The molecule has 120 valence electrons. The molecule has 1 rings (SSSR count). The minimum absolute atomic E-state index is 0.0621. The van der Waals surface area contributed by atoms with Crippen LogP contribution in [0, 0.1) is 11.8 Å². The van der Waals surface area contributed by atoms with Crippen molar-refractivity contribution in [3.63, 3.8) is 0 Å². The summed E-state index contributed by atoms with van der Waals surface area (Å²) in [4.78, 5) is 35.2. The molecule has 0 aliphatic rings. The molecule has 1 aromatic carbocycles. The molecule has 1 N–H and O–H groups in total. The summed E-state index contributed by atoms with van der Waals surface area (Å²) in [5.41, 5.74) is 0.567. The lowest BCUT2D eigenvalue weighted by atomic mass is 10.1. The molecule has 0 unspecified atom stereocenters. The Morgan fingerprint density at radius 1 is 1.05 bits per heavy atom. The third kappa shape index (κ3) is 4.58. The smallest absolute Gasteiger partial charge is 0.341 e. The van der Waals surface area contributed by atoms with Crippen molar-refractivity contribution in [2.45, 2.75) is 27.7 Å². The van der Waals surface area contributed by atoms with Crippen LogP contribution in [0.4, 0.5) is 5.69 Å². The fraction of sp³-hybridized carbons (Fsp3) is 0.438. The minimum Gasteiger partial charge on any atom is -0.465 e. The van der Waals surface area contributed by atoms with Crippen LogP contribution in [-0.2, 0) is 14.3 Å². The second-order valence-corrected chi connectivity index (χ2v) is 5.42.